The van der Waals surface area contributed by atoms with E-state index >= 15 is 0 Å². The molecule has 0 bridgehead atoms. The van der Waals surface area contributed by atoms with Gasteiger partial charge < -0.3 is 10.0 Å². The Balaban J connectivity index is 1.23. The number of amides is 1. The topological polar surface area (TPSA) is 103 Å². The standard InChI is InChI=1S/C28H28N4O4S/c33-25-8-1-5-21(19-25)20-31-15-4-16-32(18-17-31)28(34)23-10-12-24(13-11-23)30-37(35,36)26-9-2-6-22-7-3-14-29-27(22)26/h1-3,5-14,19,30,33H,4,15-18,20H2. The Hall–Kier alpha value is -3.95. The number of para-hydroxylation sites is 1. The van der Waals surface area contributed by atoms with Crippen molar-refractivity contribution < 1.29 is 18.3 Å². The molecule has 190 valence electrons. The molecule has 37 heavy (non-hydrogen) atoms. The second kappa shape index (κ2) is 10.6. The maximum absolute atomic E-state index is 13.2. The Morgan fingerprint density at radius 3 is 2.51 bits per heavy atom. The number of phenolic OH excluding ortho intramolecular Hbond substituents is 1. The van der Waals surface area contributed by atoms with E-state index in [1.165, 1.54) is 6.07 Å². The lowest BCUT2D eigenvalue weighted by molar-refractivity contribution is 0.0761. The first-order chi connectivity index (χ1) is 17.9. The first-order valence-corrected chi connectivity index (χ1v) is 13.6. The third kappa shape index (κ3) is 5.73. The highest BCUT2D eigenvalue weighted by atomic mass is 32.2. The number of phenols is 1. The van der Waals surface area contributed by atoms with Gasteiger partial charge in [-0.3, -0.25) is 19.4 Å². The number of anilines is 1. The zero-order valence-corrected chi connectivity index (χ0v) is 21.1. The summed E-state index contributed by atoms with van der Waals surface area (Å²) in [6, 6.07) is 22.4. The molecule has 0 aliphatic carbocycles. The van der Waals surface area contributed by atoms with Crippen molar-refractivity contribution in [2.45, 2.75) is 17.9 Å². The molecule has 0 saturated carbocycles. The van der Waals surface area contributed by atoms with E-state index in [2.05, 4.69) is 14.6 Å². The lowest BCUT2D eigenvalue weighted by atomic mass is 10.2. The minimum Gasteiger partial charge on any atom is -0.508 e. The van der Waals surface area contributed by atoms with E-state index in [0.717, 1.165) is 37.0 Å². The molecular formula is C28H28N4O4S. The molecule has 8 nitrogen and oxygen atoms in total. The molecule has 2 heterocycles. The van der Waals surface area contributed by atoms with E-state index in [-0.39, 0.29) is 16.6 Å². The molecule has 0 atom stereocenters. The van der Waals surface area contributed by atoms with Gasteiger partial charge in [-0.05, 0) is 60.5 Å². The number of carbonyl (C=O) groups excluding carboxylic acids is 1. The maximum atomic E-state index is 13.2. The van der Waals surface area contributed by atoms with Crippen LogP contribution in [0.25, 0.3) is 10.9 Å². The van der Waals surface area contributed by atoms with Crippen LogP contribution in [0.1, 0.15) is 22.3 Å². The fourth-order valence-corrected chi connectivity index (χ4v) is 5.85. The van der Waals surface area contributed by atoms with Gasteiger partial charge >= 0.3 is 0 Å². The number of benzene rings is 3. The van der Waals surface area contributed by atoms with Gasteiger partial charge in [0.25, 0.3) is 15.9 Å². The number of hydrogen-bond donors (Lipinski definition) is 2. The molecule has 0 unspecified atom stereocenters. The molecule has 1 fully saturated rings. The Kier molecular flexibility index (Phi) is 7.07. The van der Waals surface area contributed by atoms with Gasteiger partial charge in [-0.25, -0.2) is 8.42 Å². The summed E-state index contributed by atoms with van der Waals surface area (Å²) in [6.45, 7) is 3.57. The number of pyridine rings is 1. The van der Waals surface area contributed by atoms with Gasteiger partial charge in [0, 0.05) is 55.6 Å². The first-order valence-electron chi connectivity index (χ1n) is 12.2. The SMILES string of the molecule is O=C(c1ccc(NS(=O)(=O)c2cccc3cccnc23)cc1)N1CCCN(Cc2cccc(O)c2)CC1. The van der Waals surface area contributed by atoms with Crippen molar-refractivity contribution >= 4 is 32.5 Å². The second-order valence-corrected chi connectivity index (χ2v) is 10.8. The van der Waals surface area contributed by atoms with Gasteiger partial charge in [-0.15, -0.1) is 0 Å². The monoisotopic (exact) mass is 516 g/mol. The number of nitrogens with zero attached hydrogens (tertiary/aromatic N) is 3. The predicted octanol–water partition coefficient (Wildman–Crippen LogP) is 4.09. The van der Waals surface area contributed by atoms with Crippen molar-refractivity contribution in [1.29, 1.82) is 0 Å². The molecule has 1 saturated heterocycles. The van der Waals surface area contributed by atoms with E-state index in [1.54, 1.807) is 54.7 Å². The van der Waals surface area contributed by atoms with Gasteiger partial charge in [-0.2, -0.15) is 0 Å². The van der Waals surface area contributed by atoms with Crippen molar-refractivity contribution in [2.24, 2.45) is 0 Å². The molecule has 0 radical (unpaired) electrons. The van der Waals surface area contributed by atoms with Crippen molar-refractivity contribution in [3.05, 3.63) is 96.2 Å². The molecule has 2 N–H and O–H groups in total. The van der Waals surface area contributed by atoms with Crippen molar-refractivity contribution in [1.82, 2.24) is 14.8 Å². The zero-order chi connectivity index (χ0) is 25.8. The number of carbonyl (C=O) groups is 1. The molecular weight excluding hydrogens is 488 g/mol. The highest BCUT2D eigenvalue weighted by Crippen LogP contribution is 2.24. The highest BCUT2D eigenvalue weighted by Gasteiger charge is 2.22. The smallest absolute Gasteiger partial charge is 0.264 e. The van der Waals surface area contributed by atoms with Gasteiger partial charge in [0.05, 0.1) is 5.52 Å². The fraction of sp³-hybridized carbons (Fsp3) is 0.214. The number of aromatic nitrogens is 1. The molecule has 0 spiro atoms. The van der Waals surface area contributed by atoms with Crippen LogP contribution in [0.4, 0.5) is 5.69 Å². The number of fused-ring (bicyclic) bond motifs is 1. The largest absolute Gasteiger partial charge is 0.508 e. The first kappa shape index (κ1) is 24.7. The van der Waals surface area contributed by atoms with Crippen LogP contribution >= 0.6 is 0 Å². The number of hydrogen-bond acceptors (Lipinski definition) is 6. The van der Waals surface area contributed by atoms with E-state index in [0.29, 0.717) is 29.9 Å². The summed E-state index contributed by atoms with van der Waals surface area (Å²) in [5, 5.41) is 10.4. The summed E-state index contributed by atoms with van der Waals surface area (Å²) in [5.41, 5.74) is 2.33. The minimum atomic E-state index is -3.86. The molecule has 1 amide bonds. The van der Waals surface area contributed by atoms with Crippen LogP contribution in [0.2, 0.25) is 0 Å². The van der Waals surface area contributed by atoms with Crippen LogP contribution in [-0.4, -0.2) is 60.4 Å². The van der Waals surface area contributed by atoms with Gasteiger partial charge in [-0.1, -0.05) is 30.3 Å². The zero-order valence-electron chi connectivity index (χ0n) is 20.2. The summed E-state index contributed by atoms with van der Waals surface area (Å²) in [6.07, 6.45) is 2.41. The normalized spacial score (nSPS) is 14.9. The van der Waals surface area contributed by atoms with Gasteiger partial charge in [0.1, 0.15) is 10.6 Å². The number of rotatable bonds is 6. The Morgan fingerprint density at radius 2 is 1.70 bits per heavy atom. The highest BCUT2D eigenvalue weighted by molar-refractivity contribution is 7.93. The third-order valence-electron chi connectivity index (χ3n) is 6.46. The fourth-order valence-electron chi connectivity index (χ4n) is 4.61. The van der Waals surface area contributed by atoms with E-state index in [9.17, 15) is 18.3 Å². The molecule has 3 aromatic carbocycles. The lowest BCUT2D eigenvalue weighted by Crippen LogP contribution is -2.35. The molecule has 1 aliphatic heterocycles. The van der Waals surface area contributed by atoms with Crippen molar-refractivity contribution in [3.8, 4) is 5.75 Å². The minimum absolute atomic E-state index is 0.0770. The average molecular weight is 517 g/mol. The number of aromatic hydroxyl groups is 1. The molecule has 4 aromatic rings. The maximum Gasteiger partial charge on any atom is 0.264 e. The Bertz CT molecular complexity index is 1520. The average Bonchev–Trinajstić information content (AvgIpc) is 3.14. The number of nitrogens with one attached hydrogen (secondary N) is 1. The third-order valence-corrected chi connectivity index (χ3v) is 7.87. The van der Waals surface area contributed by atoms with Crippen molar-refractivity contribution in [2.75, 3.05) is 30.9 Å². The Labute approximate surface area is 216 Å². The van der Waals surface area contributed by atoms with Gasteiger partial charge in [0.2, 0.25) is 0 Å². The van der Waals surface area contributed by atoms with Gasteiger partial charge in [0.15, 0.2) is 0 Å². The number of sulfonamides is 1. The summed E-state index contributed by atoms with van der Waals surface area (Å²) in [7, 11) is -3.86. The van der Waals surface area contributed by atoms with E-state index < -0.39 is 10.0 Å². The van der Waals surface area contributed by atoms with Crippen LogP contribution in [0, 0.1) is 0 Å². The molecule has 9 heteroatoms. The molecule has 1 aromatic heterocycles. The second-order valence-electron chi connectivity index (χ2n) is 9.11. The lowest BCUT2D eigenvalue weighted by Gasteiger charge is -2.22. The molecule has 5 rings (SSSR count). The summed E-state index contributed by atoms with van der Waals surface area (Å²) in [5.74, 6) is 0.176. The van der Waals surface area contributed by atoms with Crippen LogP contribution in [0.3, 0.4) is 0 Å². The summed E-state index contributed by atoms with van der Waals surface area (Å²) >= 11 is 0. The molecule has 1 aliphatic rings. The summed E-state index contributed by atoms with van der Waals surface area (Å²) < 4.78 is 28.7. The van der Waals surface area contributed by atoms with E-state index in [1.807, 2.05) is 29.2 Å². The summed E-state index contributed by atoms with van der Waals surface area (Å²) in [4.78, 5) is 21.6. The van der Waals surface area contributed by atoms with Crippen LogP contribution in [0.15, 0.2) is 90.0 Å². The predicted molar refractivity (Wildman–Crippen MR) is 143 cm³/mol. The quantitative estimate of drug-likeness (QED) is 0.400. The van der Waals surface area contributed by atoms with Crippen molar-refractivity contribution in [3.63, 3.8) is 0 Å². The van der Waals surface area contributed by atoms with Crippen LogP contribution < -0.4 is 4.72 Å². The Morgan fingerprint density at radius 1 is 0.919 bits per heavy atom. The van der Waals surface area contributed by atoms with Crippen LogP contribution in [0.5, 0.6) is 5.75 Å². The van der Waals surface area contributed by atoms with E-state index in [4.69, 9.17) is 0 Å². The van der Waals surface area contributed by atoms with Crippen LogP contribution in [-0.2, 0) is 16.6 Å².